The summed E-state index contributed by atoms with van der Waals surface area (Å²) in [5.41, 5.74) is 0. The van der Waals surface area contributed by atoms with Crippen LogP contribution in [0.4, 0.5) is 0 Å². The maximum Gasteiger partial charge on any atom is 0.268 e. The lowest BCUT2D eigenvalue weighted by Crippen LogP contribution is -2.46. The van der Waals surface area contributed by atoms with Crippen LogP contribution in [0.3, 0.4) is 0 Å². The van der Waals surface area contributed by atoms with Gasteiger partial charge in [0.15, 0.2) is 0 Å². The zero-order valence-corrected chi connectivity index (χ0v) is 47.1. The Morgan fingerprint density at radius 1 is 0.514 bits per heavy atom. The monoisotopic (exact) mass is 999 g/mol. The fraction of sp³-hybridized carbons (Fsp3) is 0.754. The van der Waals surface area contributed by atoms with Gasteiger partial charge in [0.1, 0.15) is 13.2 Å². The quantitative estimate of drug-likeness (QED) is 0.0272. The van der Waals surface area contributed by atoms with E-state index in [4.69, 9.17) is 9.05 Å². The first-order valence-electron chi connectivity index (χ1n) is 28.9. The van der Waals surface area contributed by atoms with Gasteiger partial charge in [-0.1, -0.05) is 253 Å². The van der Waals surface area contributed by atoms with Crippen LogP contribution in [0.25, 0.3) is 0 Å². The van der Waals surface area contributed by atoms with Gasteiger partial charge in [-0.3, -0.25) is 9.36 Å². The molecule has 0 aliphatic rings. The summed E-state index contributed by atoms with van der Waals surface area (Å²) in [6.07, 6.45) is 71.8. The van der Waals surface area contributed by atoms with Crippen LogP contribution >= 0.6 is 7.82 Å². The Labute approximate surface area is 433 Å². The number of phosphoric ester groups is 1. The van der Waals surface area contributed by atoms with Gasteiger partial charge in [0, 0.05) is 6.42 Å². The number of quaternary nitrogens is 1. The van der Waals surface area contributed by atoms with Crippen LogP contribution in [0.2, 0.25) is 0 Å². The number of aliphatic hydroxyl groups is 1. The molecule has 0 rings (SSSR count). The first kappa shape index (κ1) is 67.7. The third-order valence-electron chi connectivity index (χ3n) is 12.6. The second-order valence-electron chi connectivity index (χ2n) is 20.6. The molecule has 0 aromatic carbocycles. The molecule has 70 heavy (non-hydrogen) atoms. The molecule has 1 amide bonds. The van der Waals surface area contributed by atoms with Crippen molar-refractivity contribution < 1.29 is 32.9 Å². The average Bonchev–Trinajstić information content (AvgIpc) is 3.32. The lowest BCUT2D eigenvalue weighted by Gasteiger charge is -2.30. The van der Waals surface area contributed by atoms with Crippen LogP contribution in [0.5, 0.6) is 0 Å². The number of allylic oxidation sites excluding steroid dienone is 14. The van der Waals surface area contributed by atoms with E-state index >= 15 is 0 Å². The third kappa shape index (κ3) is 53.5. The van der Waals surface area contributed by atoms with Crippen molar-refractivity contribution in [3.63, 3.8) is 0 Å². The zero-order chi connectivity index (χ0) is 51.3. The van der Waals surface area contributed by atoms with Gasteiger partial charge in [-0.25, -0.2) is 0 Å². The van der Waals surface area contributed by atoms with Crippen molar-refractivity contribution in [3.05, 3.63) is 85.1 Å². The van der Waals surface area contributed by atoms with Crippen LogP contribution in [0.1, 0.15) is 245 Å². The number of nitrogens with zero attached hydrogens (tertiary/aromatic N) is 1. The molecule has 9 heteroatoms. The van der Waals surface area contributed by atoms with E-state index in [9.17, 15) is 19.4 Å². The number of carbonyl (C=O) groups is 1. The summed E-state index contributed by atoms with van der Waals surface area (Å²) in [5.74, 6) is -0.177. The van der Waals surface area contributed by atoms with E-state index in [1.165, 1.54) is 122 Å². The Hall–Kier alpha value is -2.32. The highest BCUT2D eigenvalue weighted by Gasteiger charge is 2.24. The van der Waals surface area contributed by atoms with Gasteiger partial charge in [-0.2, -0.15) is 0 Å². The molecule has 0 fully saturated rings. The molecule has 8 nitrogen and oxygen atoms in total. The van der Waals surface area contributed by atoms with Crippen molar-refractivity contribution in [2.75, 3.05) is 40.9 Å². The van der Waals surface area contributed by atoms with Gasteiger partial charge in [-0.05, 0) is 70.6 Å². The minimum atomic E-state index is -4.58. The standard InChI is InChI=1S/C61H111N2O6P/c1-6-8-10-12-14-16-18-20-22-24-26-27-28-29-30-31-32-33-34-35-37-39-41-43-45-47-49-51-53-55-61(65)62-59(58-69-70(66,67)68-57-56-63(3,4)5)60(64)54-52-50-48-46-44-42-40-38-36-25-23-21-19-17-15-13-11-9-7-2/h8,10,14,16,20,22,26-27,29-30,32-33,35,37,59-60,64H,6-7,9,11-13,15,17-19,21,23-25,28,31,34,36,38-58H2,1-5H3,(H-,62,65,66,67)/b10-8-,16-14-,22-20-,27-26-,30-29-,33-32-,37-35-. The van der Waals surface area contributed by atoms with Gasteiger partial charge in [0.2, 0.25) is 5.91 Å². The highest BCUT2D eigenvalue weighted by Crippen LogP contribution is 2.38. The Morgan fingerprint density at radius 2 is 0.871 bits per heavy atom. The minimum absolute atomic E-state index is 0.00594. The van der Waals surface area contributed by atoms with Crippen LogP contribution in [-0.2, 0) is 18.4 Å². The summed E-state index contributed by atoms with van der Waals surface area (Å²) in [6, 6.07) is -0.813. The van der Waals surface area contributed by atoms with E-state index in [-0.39, 0.29) is 19.1 Å². The molecule has 0 aliphatic carbocycles. The van der Waals surface area contributed by atoms with E-state index in [2.05, 4.69) is 104 Å². The Morgan fingerprint density at radius 3 is 1.27 bits per heavy atom. The van der Waals surface area contributed by atoms with E-state index in [0.717, 1.165) is 96.3 Å². The average molecular weight is 1000 g/mol. The van der Waals surface area contributed by atoms with E-state index in [1.807, 2.05) is 21.1 Å². The predicted octanol–water partition coefficient (Wildman–Crippen LogP) is 17.0. The summed E-state index contributed by atoms with van der Waals surface area (Å²) in [5, 5.41) is 14.0. The molecule has 0 radical (unpaired) electrons. The minimum Gasteiger partial charge on any atom is -0.756 e. The number of likely N-dealkylation sites (N-methyl/N-ethyl adjacent to an activating group) is 1. The van der Waals surface area contributed by atoms with Gasteiger partial charge in [0.25, 0.3) is 7.82 Å². The lowest BCUT2D eigenvalue weighted by molar-refractivity contribution is -0.870. The van der Waals surface area contributed by atoms with Crippen LogP contribution in [0.15, 0.2) is 85.1 Å². The largest absolute Gasteiger partial charge is 0.756 e. The molecule has 2 N–H and O–H groups in total. The van der Waals surface area contributed by atoms with E-state index in [1.54, 1.807) is 0 Å². The number of rotatable bonds is 52. The molecule has 0 aromatic rings. The van der Waals surface area contributed by atoms with Crippen molar-refractivity contribution >= 4 is 13.7 Å². The number of phosphoric acid groups is 1. The molecule has 3 unspecified atom stereocenters. The molecule has 0 saturated heterocycles. The molecule has 0 aromatic heterocycles. The molecule has 0 aliphatic heterocycles. The SMILES string of the molecule is CC/C=C\C/C=C\C/C=C\C/C=C\C/C=C\C/C=C\C/C=C\CCCCCCCCCC(=O)NC(COP(=O)([O-])OCC[N+](C)(C)C)C(O)CCCCCCCCCCCCCCCCCCCCC. The number of unbranched alkanes of at least 4 members (excludes halogenated alkanes) is 25. The van der Waals surface area contributed by atoms with Crippen molar-refractivity contribution in [1.82, 2.24) is 5.32 Å². The van der Waals surface area contributed by atoms with Crippen molar-refractivity contribution in [2.24, 2.45) is 0 Å². The summed E-state index contributed by atoms with van der Waals surface area (Å²) >= 11 is 0. The van der Waals surface area contributed by atoms with Crippen molar-refractivity contribution in [2.45, 2.75) is 257 Å². The lowest BCUT2D eigenvalue weighted by atomic mass is 10.0. The van der Waals surface area contributed by atoms with Crippen LogP contribution in [-0.4, -0.2) is 68.5 Å². The van der Waals surface area contributed by atoms with E-state index < -0.39 is 20.0 Å². The summed E-state index contributed by atoms with van der Waals surface area (Å²) in [6.45, 7) is 4.61. The highest BCUT2D eigenvalue weighted by atomic mass is 31.2. The zero-order valence-electron chi connectivity index (χ0n) is 46.2. The third-order valence-corrected chi connectivity index (χ3v) is 13.6. The normalized spacial score (nSPS) is 14.6. The van der Waals surface area contributed by atoms with Gasteiger partial charge >= 0.3 is 0 Å². The first-order valence-corrected chi connectivity index (χ1v) is 30.4. The fourth-order valence-corrected chi connectivity index (χ4v) is 8.86. The molecular formula is C61H111N2O6P. The van der Waals surface area contributed by atoms with Crippen LogP contribution < -0.4 is 10.2 Å². The number of carbonyl (C=O) groups excluding carboxylic acids is 1. The molecular weight excluding hydrogens is 888 g/mol. The number of hydrogen-bond acceptors (Lipinski definition) is 6. The highest BCUT2D eigenvalue weighted by molar-refractivity contribution is 7.45. The Balaban J connectivity index is 4.22. The van der Waals surface area contributed by atoms with Crippen LogP contribution in [0, 0.1) is 0 Å². The van der Waals surface area contributed by atoms with Gasteiger partial charge < -0.3 is 28.8 Å². The predicted molar refractivity (Wildman–Crippen MR) is 302 cm³/mol. The number of nitrogens with one attached hydrogen (secondary N) is 1. The number of amides is 1. The summed E-state index contributed by atoms with van der Waals surface area (Å²) in [4.78, 5) is 25.5. The Bertz CT molecular complexity index is 1410. The van der Waals surface area contributed by atoms with Gasteiger partial charge in [-0.15, -0.1) is 0 Å². The molecule has 406 valence electrons. The number of hydrogen-bond donors (Lipinski definition) is 2. The van der Waals surface area contributed by atoms with Crippen molar-refractivity contribution in [1.29, 1.82) is 0 Å². The first-order chi connectivity index (χ1) is 34.0. The molecule has 0 spiro atoms. The van der Waals surface area contributed by atoms with Gasteiger partial charge in [0.05, 0.1) is 39.9 Å². The summed E-state index contributed by atoms with van der Waals surface area (Å²) < 4.78 is 23.4. The Kier molecular flexibility index (Phi) is 49.9. The fourth-order valence-electron chi connectivity index (χ4n) is 8.14. The summed E-state index contributed by atoms with van der Waals surface area (Å²) in [7, 11) is 1.29. The second-order valence-corrected chi connectivity index (χ2v) is 22.0. The smallest absolute Gasteiger partial charge is 0.268 e. The molecule has 0 bridgehead atoms. The second kappa shape index (κ2) is 51.6. The van der Waals surface area contributed by atoms with Crippen molar-refractivity contribution in [3.8, 4) is 0 Å². The topological polar surface area (TPSA) is 108 Å². The molecule has 0 heterocycles. The van der Waals surface area contributed by atoms with E-state index in [0.29, 0.717) is 23.9 Å². The molecule has 0 saturated carbocycles. The molecule has 3 atom stereocenters. The maximum atomic E-state index is 13.0. The maximum absolute atomic E-state index is 13.0. The number of aliphatic hydroxyl groups excluding tert-OH is 1.